The molecule has 0 aliphatic rings. The van der Waals surface area contributed by atoms with E-state index >= 15 is 0 Å². The molecule has 0 heterocycles. The molecule has 1 unspecified atom stereocenters. The van der Waals surface area contributed by atoms with Crippen molar-refractivity contribution < 1.29 is 9.84 Å². The second-order valence-corrected chi connectivity index (χ2v) is 10.4. The minimum atomic E-state index is 0.0282. The number of benzene rings is 1. The highest BCUT2D eigenvalue weighted by Gasteiger charge is 2.07. The Hall–Kier alpha value is -0.510. The van der Waals surface area contributed by atoms with Crippen molar-refractivity contribution >= 4 is 11.8 Å². The van der Waals surface area contributed by atoms with E-state index in [4.69, 9.17) is 4.74 Å². The Morgan fingerprint density at radius 1 is 0.719 bits per heavy atom. The van der Waals surface area contributed by atoms with Gasteiger partial charge in [0.2, 0.25) is 0 Å². The highest BCUT2D eigenvalue weighted by molar-refractivity contribution is 7.99. The van der Waals surface area contributed by atoms with Gasteiger partial charge in [-0.15, -0.1) is 0 Å². The Kier molecular flexibility index (Phi) is 21.8. The van der Waals surface area contributed by atoms with Gasteiger partial charge in [0.05, 0.1) is 12.7 Å². The largest absolute Gasteiger partial charge is 0.394 e. The van der Waals surface area contributed by atoms with Gasteiger partial charge in [0, 0.05) is 12.4 Å². The summed E-state index contributed by atoms with van der Waals surface area (Å²) in [4.78, 5) is 0. The van der Waals surface area contributed by atoms with Crippen molar-refractivity contribution in [3.8, 4) is 0 Å². The van der Waals surface area contributed by atoms with E-state index in [1.54, 1.807) is 0 Å². The van der Waals surface area contributed by atoms with E-state index in [9.17, 15) is 5.11 Å². The summed E-state index contributed by atoms with van der Waals surface area (Å²) in [5.41, 5.74) is 1.48. The summed E-state index contributed by atoms with van der Waals surface area (Å²) in [6, 6.07) is 10.9. The highest BCUT2D eigenvalue weighted by atomic mass is 32.2. The van der Waals surface area contributed by atoms with E-state index in [1.807, 2.05) is 11.8 Å². The van der Waals surface area contributed by atoms with Crippen LogP contribution in [-0.4, -0.2) is 35.9 Å². The van der Waals surface area contributed by atoms with Crippen molar-refractivity contribution in [3.05, 3.63) is 35.9 Å². The molecule has 0 amide bonds. The third kappa shape index (κ3) is 19.0. The molecule has 1 aromatic rings. The zero-order valence-corrected chi connectivity index (χ0v) is 21.9. The molecule has 0 radical (unpaired) electrons. The third-order valence-electron chi connectivity index (χ3n) is 6.21. The predicted octanol–water partition coefficient (Wildman–Crippen LogP) is 8.60. The first-order chi connectivity index (χ1) is 15.9. The molecular weight excluding hydrogens is 412 g/mol. The first-order valence-electron chi connectivity index (χ1n) is 13.7. The van der Waals surface area contributed by atoms with E-state index in [-0.39, 0.29) is 12.7 Å². The van der Waals surface area contributed by atoms with Crippen LogP contribution < -0.4 is 0 Å². The maximum atomic E-state index is 9.54. The molecule has 0 bridgehead atoms. The number of thioether (sulfide) groups is 1. The molecule has 2 nitrogen and oxygen atoms in total. The van der Waals surface area contributed by atoms with Crippen LogP contribution in [-0.2, 0) is 11.2 Å². The molecule has 3 heteroatoms. The molecule has 0 fully saturated rings. The Bertz CT molecular complexity index is 479. The van der Waals surface area contributed by atoms with E-state index in [0.717, 1.165) is 18.8 Å². The van der Waals surface area contributed by atoms with Crippen LogP contribution in [0.5, 0.6) is 0 Å². The lowest BCUT2D eigenvalue weighted by Crippen LogP contribution is -2.21. The van der Waals surface area contributed by atoms with Gasteiger partial charge in [-0.25, -0.2) is 0 Å². The number of aliphatic hydroxyl groups excluding tert-OH is 1. The van der Waals surface area contributed by atoms with E-state index in [1.165, 1.54) is 114 Å². The number of aryl methyl sites for hydroxylation is 1. The molecule has 0 aliphatic heterocycles. The third-order valence-corrected chi connectivity index (χ3v) is 7.39. The second kappa shape index (κ2) is 23.6. The van der Waals surface area contributed by atoms with Crippen molar-refractivity contribution in [1.29, 1.82) is 0 Å². The van der Waals surface area contributed by atoms with Gasteiger partial charge in [-0.2, -0.15) is 11.8 Å². The summed E-state index contributed by atoms with van der Waals surface area (Å²) in [5, 5.41) is 9.54. The summed E-state index contributed by atoms with van der Waals surface area (Å²) in [6.07, 6.45) is 22.7. The van der Waals surface area contributed by atoms with Gasteiger partial charge in [0.15, 0.2) is 0 Å². The minimum absolute atomic E-state index is 0.0282. The van der Waals surface area contributed by atoms with Crippen LogP contribution in [0.3, 0.4) is 0 Å². The average molecular weight is 465 g/mol. The lowest BCUT2D eigenvalue weighted by molar-refractivity contribution is 0.0260. The number of unbranched alkanes of at least 4 members (excludes halogenated alkanes) is 14. The average Bonchev–Trinajstić information content (AvgIpc) is 2.83. The van der Waals surface area contributed by atoms with Gasteiger partial charge in [-0.05, 0) is 37.0 Å². The fourth-order valence-electron chi connectivity index (χ4n) is 4.09. The van der Waals surface area contributed by atoms with Crippen molar-refractivity contribution in [2.75, 3.05) is 24.7 Å². The zero-order valence-electron chi connectivity index (χ0n) is 21.1. The number of hydrogen-bond acceptors (Lipinski definition) is 3. The molecular formula is C29H52O2S. The maximum Gasteiger partial charge on any atom is 0.0895 e. The number of ether oxygens (including phenoxy) is 1. The first kappa shape index (κ1) is 29.5. The van der Waals surface area contributed by atoms with Crippen LogP contribution in [0.15, 0.2) is 30.3 Å². The van der Waals surface area contributed by atoms with Crippen LogP contribution in [0.1, 0.15) is 115 Å². The van der Waals surface area contributed by atoms with E-state index < -0.39 is 0 Å². The number of rotatable bonds is 24. The number of aliphatic hydroxyl groups is 1. The van der Waals surface area contributed by atoms with Gasteiger partial charge >= 0.3 is 0 Å². The van der Waals surface area contributed by atoms with Gasteiger partial charge < -0.3 is 9.84 Å². The van der Waals surface area contributed by atoms with Crippen molar-refractivity contribution in [3.63, 3.8) is 0 Å². The molecule has 32 heavy (non-hydrogen) atoms. The summed E-state index contributed by atoms with van der Waals surface area (Å²) < 4.78 is 5.89. The minimum Gasteiger partial charge on any atom is -0.394 e. The van der Waals surface area contributed by atoms with Crippen molar-refractivity contribution in [2.45, 2.75) is 122 Å². The smallest absolute Gasteiger partial charge is 0.0895 e. The molecule has 1 aromatic carbocycles. The number of hydrogen-bond donors (Lipinski definition) is 1. The van der Waals surface area contributed by atoms with Crippen molar-refractivity contribution in [1.82, 2.24) is 0 Å². The molecule has 0 saturated carbocycles. The quantitative estimate of drug-likeness (QED) is 0.155. The topological polar surface area (TPSA) is 29.5 Å². The van der Waals surface area contributed by atoms with Gasteiger partial charge in [-0.3, -0.25) is 0 Å². The normalized spacial score (nSPS) is 12.3. The molecule has 0 saturated heterocycles. The lowest BCUT2D eigenvalue weighted by atomic mass is 10.0. The summed E-state index contributed by atoms with van der Waals surface area (Å²) in [5.74, 6) is 2.14. The van der Waals surface area contributed by atoms with Crippen LogP contribution >= 0.6 is 11.8 Å². The Balaban J connectivity index is 1.79. The SMILES string of the molecule is CCCCCCCCCCOC(CO)CSCCCCCCCCCCc1ccccc1. The molecule has 1 atom stereocenters. The Morgan fingerprint density at radius 3 is 1.91 bits per heavy atom. The monoisotopic (exact) mass is 464 g/mol. The fourth-order valence-corrected chi connectivity index (χ4v) is 5.13. The van der Waals surface area contributed by atoms with Crippen LogP contribution in [0, 0.1) is 0 Å². The standard InChI is InChI=1S/C29H52O2S/c1-2-3-4-5-6-10-13-19-24-31-29(26-30)27-32-25-20-14-11-8-7-9-12-16-21-28-22-17-15-18-23-28/h15,17-18,22-23,29-30H,2-14,16,19-21,24-27H2,1H3. The maximum absolute atomic E-state index is 9.54. The zero-order chi connectivity index (χ0) is 23.0. The van der Waals surface area contributed by atoms with Crippen molar-refractivity contribution in [2.24, 2.45) is 0 Å². The van der Waals surface area contributed by atoms with Crippen LogP contribution in [0.4, 0.5) is 0 Å². The van der Waals surface area contributed by atoms with Gasteiger partial charge in [0.25, 0.3) is 0 Å². The predicted molar refractivity (Wildman–Crippen MR) is 144 cm³/mol. The Labute approximate surface area is 204 Å². The van der Waals surface area contributed by atoms with Crippen LogP contribution in [0.2, 0.25) is 0 Å². The molecule has 186 valence electrons. The fraction of sp³-hybridized carbons (Fsp3) is 0.793. The first-order valence-corrected chi connectivity index (χ1v) is 14.9. The summed E-state index contributed by atoms with van der Waals surface area (Å²) in [7, 11) is 0. The molecule has 0 aromatic heterocycles. The van der Waals surface area contributed by atoms with Crippen LogP contribution in [0.25, 0.3) is 0 Å². The molecule has 0 aliphatic carbocycles. The summed E-state index contributed by atoms with van der Waals surface area (Å²) >= 11 is 1.95. The van der Waals surface area contributed by atoms with E-state index in [2.05, 4.69) is 37.3 Å². The molecule has 1 N–H and O–H groups in total. The van der Waals surface area contributed by atoms with Gasteiger partial charge in [0.1, 0.15) is 0 Å². The highest BCUT2D eigenvalue weighted by Crippen LogP contribution is 2.14. The Morgan fingerprint density at radius 2 is 1.28 bits per heavy atom. The molecule has 1 rings (SSSR count). The van der Waals surface area contributed by atoms with Gasteiger partial charge in [-0.1, -0.05) is 121 Å². The second-order valence-electron chi connectivity index (χ2n) is 9.29. The van der Waals surface area contributed by atoms with E-state index in [0.29, 0.717) is 0 Å². The molecule has 0 spiro atoms. The lowest BCUT2D eigenvalue weighted by Gasteiger charge is -2.15. The summed E-state index contributed by atoms with van der Waals surface area (Å²) in [6.45, 7) is 3.24.